The van der Waals surface area contributed by atoms with Gasteiger partial charge in [0.25, 0.3) is 11.5 Å². The Labute approximate surface area is 142 Å². The van der Waals surface area contributed by atoms with Crippen LogP contribution in [0.5, 0.6) is 5.75 Å². The van der Waals surface area contributed by atoms with E-state index in [0.717, 1.165) is 25.7 Å². The van der Waals surface area contributed by atoms with Crippen LogP contribution < -0.4 is 15.6 Å². The average Bonchev–Trinajstić information content (AvgIpc) is 3.04. The zero-order chi connectivity index (χ0) is 16.2. The molecule has 1 heterocycles. The highest BCUT2D eigenvalue weighted by molar-refractivity contribution is 9.10. The van der Waals surface area contributed by atoms with Crippen molar-refractivity contribution in [2.24, 2.45) is 0 Å². The van der Waals surface area contributed by atoms with Crippen molar-refractivity contribution in [3.05, 3.63) is 56.9 Å². The molecule has 1 aromatic heterocycles. The molecule has 0 radical (unpaired) electrons. The van der Waals surface area contributed by atoms with E-state index in [4.69, 9.17) is 4.74 Å². The van der Waals surface area contributed by atoms with Gasteiger partial charge in [0.15, 0.2) is 0 Å². The van der Waals surface area contributed by atoms with E-state index in [2.05, 4.69) is 26.2 Å². The number of amides is 1. The number of pyridine rings is 1. The van der Waals surface area contributed by atoms with Crippen molar-refractivity contribution in [2.45, 2.75) is 31.8 Å². The van der Waals surface area contributed by atoms with Gasteiger partial charge in [-0.1, -0.05) is 12.1 Å². The van der Waals surface area contributed by atoms with E-state index in [1.165, 1.54) is 6.20 Å². The summed E-state index contributed by atoms with van der Waals surface area (Å²) in [5.41, 5.74) is 0.273. The summed E-state index contributed by atoms with van der Waals surface area (Å²) >= 11 is 3.27. The molecule has 2 N–H and O–H groups in total. The van der Waals surface area contributed by atoms with Gasteiger partial charge < -0.3 is 15.0 Å². The fraction of sp³-hybridized carbons (Fsp3) is 0.294. The fourth-order valence-electron chi connectivity index (χ4n) is 2.68. The zero-order valence-corrected chi connectivity index (χ0v) is 14.1. The predicted molar refractivity (Wildman–Crippen MR) is 92.0 cm³/mol. The van der Waals surface area contributed by atoms with Crippen LogP contribution in [0.25, 0.3) is 0 Å². The number of H-pyrrole nitrogens is 1. The van der Waals surface area contributed by atoms with E-state index in [1.807, 2.05) is 6.07 Å². The molecule has 6 heteroatoms. The number of carbonyl (C=O) groups is 1. The molecule has 1 aliphatic rings. The number of para-hydroxylation sites is 1. The van der Waals surface area contributed by atoms with Crippen LogP contribution in [0.4, 0.5) is 5.69 Å². The van der Waals surface area contributed by atoms with Crippen molar-refractivity contribution in [3.8, 4) is 5.75 Å². The molecule has 120 valence electrons. The van der Waals surface area contributed by atoms with Crippen LogP contribution in [-0.2, 0) is 0 Å². The lowest BCUT2D eigenvalue weighted by atomic mass is 10.1. The average molecular weight is 377 g/mol. The SMILES string of the molecule is O=C(Nc1cc(Br)c[nH]c1=O)c1ccccc1OC1CCCC1. The van der Waals surface area contributed by atoms with E-state index >= 15 is 0 Å². The van der Waals surface area contributed by atoms with Crippen molar-refractivity contribution in [1.29, 1.82) is 0 Å². The summed E-state index contributed by atoms with van der Waals surface area (Å²) in [5, 5.41) is 2.64. The lowest BCUT2D eigenvalue weighted by molar-refractivity contribution is 0.101. The number of hydrogen-bond acceptors (Lipinski definition) is 3. The van der Waals surface area contributed by atoms with E-state index in [1.54, 1.807) is 24.3 Å². The molecule has 0 aliphatic heterocycles. The smallest absolute Gasteiger partial charge is 0.271 e. The molecular weight excluding hydrogens is 360 g/mol. The van der Waals surface area contributed by atoms with Crippen LogP contribution in [0.1, 0.15) is 36.0 Å². The summed E-state index contributed by atoms with van der Waals surface area (Å²) < 4.78 is 6.65. The number of anilines is 1. The Morgan fingerprint density at radius 3 is 2.78 bits per heavy atom. The van der Waals surface area contributed by atoms with Gasteiger partial charge in [-0.2, -0.15) is 0 Å². The maximum Gasteiger partial charge on any atom is 0.271 e. The third-order valence-electron chi connectivity index (χ3n) is 3.84. The summed E-state index contributed by atoms with van der Waals surface area (Å²) in [6.07, 6.45) is 6.04. The maximum absolute atomic E-state index is 12.5. The van der Waals surface area contributed by atoms with Crippen molar-refractivity contribution >= 4 is 27.5 Å². The third-order valence-corrected chi connectivity index (χ3v) is 4.30. The Kier molecular flexibility index (Phi) is 4.81. The van der Waals surface area contributed by atoms with E-state index in [9.17, 15) is 9.59 Å². The molecule has 5 nitrogen and oxygen atoms in total. The van der Waals surface area contributed by atoms with Gasteiger partial charge in [-0.3, -0.25) is 9.59 Å². The standard InChI is InChI=1S/C17H17BrN2O3/c18-11-9-14(17(22)19-10-11)20-16(21)13-7-3-4-8-15(13)23-12-5-1-2-6-12/h3-4,7-10,12H,1-2,5-6H2,(H,19,22)(H,20,21). The van der Waals surface area contributed by atoms with Gasteiger partial charge in [-0.05, 0) is 59.8 Å². The normalized spacial score (nSPS) is 14.7. The topological polar surface area (TPSA) is 71.2 Å². The lowest BCUT2D eigenvalue weighted by Crippen LogP contribution is -2.21. The van der Waals surface area contributed by atoms with Crippen LogP contribution in [0.15, 0.2) is 45.8 Å². The van der Waals surface area contributed by atoms with Crippen LogP contribution in [0, 0.1) is 0 Å². The summed E-state index contributed by atoms with van der Waals surface area (Å²) in [6.45, 7) is 0. The van der Waals surface area contributed by atoms with Gasteiger partial charge in [-0.15, -0.1) is 0 Å². The second-order valence-corrected chi connectivity index (χ2v) is 6.45. The van der Waals surface area contributed by atoms with Crippen LogP contribution in [0.2, 0.25) is 0 Å². The van der Waals surface area contributed by atoms with Crippen LogP contribution in [-0.4, -0.2) is 17.0 Å². The molecule has 1 aliphatic carbocycles. The molecule has 1 saturated carbocycles. The predicted octanol–water partition coefficient (Wildman–Crippen LogP) is 3.71. The van der Waals surface area contributed by atoms with Gasteiger partial charge >= 0.3 is 0 Å². The highest BCUT2D eigenvalue weighted by Gasteiger charge is 2.20. The number of aromatic nitrogens is 1. The number of rotatable bonds is 4. The molecule has 1 amide bonds. The molecule has 0 saturated heterocycles. The first-order valence-electron chi connectivity index (χ1n) is 7.59. The second-order valence-electron chi connectivity index (χ2n) is 5.54. The molecule has 1 aromatic carbocycles. The molecule has 0 spiro atoms. The number of halogens is 1. The van der Waals surface area contributed by atoms with Crippen molar-refractivity contribution in [1.82, 2.24) is 4.98 Å². The summed E-state index contributed by atoms with van der Waals surface area (Å²) in [4.78, 5) is 26.8. The fourth-order valence-corrected chi connectivity index (χ4v) is 3.03. The number of benzene rings is 1. The first kappa shape index (κ1) is 15.8. The molecule has 3 rings (SSSR count). The highest BCUT2D eigenvalue weighted by atomic mass is 79.9. The molecule has 2 aromatic rings. The van der Waals surface area contributed by atoms with Crippen molar-refractivity contribution in [2.75, 3.05) is 5.32 Å². The first-order chi connectivity index (χ1) is 11.1. The Morgan fingerprint density at radius 1 is 1.26 bits per heavy atom. The second kappa shape index (κ2) is 7.00. The van der Waals surface area contributed by atoms with E-state index in [-0.39, 0.29) is 23.3 Å². The van der Waals surface area contributed by atoms with Crippen LogP contribution in [0.3, 0.4) is 0 Å². The Bertz CT molecular complexity index is 766. The van der Waals surface area contributed by atoms with Gasteiger partial charge in [0.2, 0.25) is 0 Å². The minimum absolute atomic E-state index is 0.165. The largest absolute Gasteiger partial charge is 0.490 e. The van der Waals surface area contributed by atoms with Crippen molar-refractivity contribution in [3.63, 3.8) is 0 Å². The van der Waals surface area contributed by atoms with Gasteiger partial charge in [0, 0.05) is 10.7 Å². The molecule has 0 unspecified atom stereocenters. The van der Waals surface area contributed by atoms with Crippen LogP contribution >= 0.6 is 15.9 Å². The quantitative estimate of drug-likeness (QED) is 0.853. The Hall–Kier alpha value is -2.08. The molecule has 1 fully saturated rings. The lowest BCUT2D eigenvalue weighted by Gasteiger charge is -2.16. The number of carbonyl (C=O) groups excluding carboxylic acids is 1. The van der Waals surface area contributed by atoms with E-state index in [0.29, 0.717) is 15.8 Å². The number of hydrogen-bond donors (Lipinski definition) is 2. The van der Waals surface area contributed by atoms with Crippen molar-refractivity contribution < 1.29 is 9.53 Å². The Balaban J connectivity index is 1.81. The molecule has 23 heavy (non-hydrogen) atoms. The minimum atomic E-state index is -0.359. The summed E-state index contributed by atoms with van der Waals surface area (Å²) in [7, 11) is 0. The number of aromatic amines is 1. The summed E-state index contributed by atoms with van der Waals surface area (Å²) in [5.74, 6) is 0.200. The van der Waals surface area contributed by atoms with E-state index < -0.39 is 0 Å². The zero-order valence-electron chi connectivity index (χ0n) is 12.5. The Morgan fingerprint density at radius 2 is 2.00 bits per heavy atom. The van der Waals surface area contributed by atoms with Gasteiger partial charge in [-0.25, -0.2) is 0 Å². The molecule has 0 bridgehead atoms. The molecule has 0 atom stereocenters. The maximum atomic E-state index is 12.5. The van der Waals surface area contributed by atoms with Gasteiger partial charge in [0.05, 0.1) is 11.7 Å². The minimum Gasteiger partial charge on any atom is -0.490 e. The number of ether oxygens (including phenoxy) is 1. The first-order valence-corrected chi connectivity index (χ1v) is 8.38. The summed E-state index contributed by atoms with van der Waals surface area (Å²) in [6, 6.07) is 8.68. The third kappa shape index (κ3) is 3.82. The monoisotopic (exact) mass is 376 g/mol. The number of nitrogens with one attached hydrogen (secondary N) is 2. The molecular formula is C17H17BrN2O3. The van der Waals surface area contributed by atoms with Gasteiger partial charge in [0.1, 0.15) is 11.4 Å². The highest BCUT2D eigenvalue weighted by Crippen LogP contribution is 2.27.